The molecule has 3 heteroatoms. The summed E-state index contributed by atoms with van der Waals surface area (Å²) in [7, 11) is 0. The van der Waals surface area contributed by atoms with Gasteiger partial charge < -0.3 is 4.90 Å². The third-order valence-electron chi connectivity index (χ3n) is 4.29. The molecule has 0 amide bonds. The molecule has 3 rings (SSSR count). The molecule has 1 fully saturated rings. The molecule has 2 nitrogen and oxygen atoms in total. The van der Waals surface area contributed by atoms with Crippen LogP contribution < -0.4 is 4.90 Å². The zero-order chi connectivity index (χ0) is 13.9. The van der Waals surface area contributed by atoms with E-state index in [2.05, 4.69) is 58.1 Å². The summed E-state index contributed by atoms with van der Waals surface area (Å²) >= 11 is 3.64. The SMILES string of the molecule is CCC1CCCCN1c1nc2ccccc2cc1CBr. The molecule has 1 aromatic carbocycles. The van der Waals surface area contributed by atoms with Gasteiger partial charge in [0.05, 0.1) is 5.52 Å². The molecule has 2 aromatic rings. The average molecular weight is 333 g/mol. The fourth-order valence-corrected chi connectivity index (χ4v) is 3.61. The highest BCUT2D eigenvalue weighted by Crippen LogP contribution is 2.31. The van der Waals surface area contributed by atoms with Gasteiger partial charge in [0.1, 0.15) is 5.82 Å². The summed E-state index contributed by atoms with van der Waals surface area (Å²) in [6, 6.07) is 11.3. The van der Waals surface area contributed by atoms with E-state index in [1.807, 2.05) is 0 Å². The lowest BCUT2D eigenvalue weighted by Crippen LogP contribution is -2.40. The Morgan fingerprint density at radius 3 is 2.95 bits per heavy atom. The van der Waals surface area contributed by atoms with Crippen LogP contribution in [0.4, 0.5) is 5.82 Å². The number of pyridine rings is 1. The van der Waals surface area contributed by atoms with Gasteiger partial charge >= 0.3 is 0 Å². The van der Waals surface area contributed by atoms with Gasteiger partial charge in [0.2, 0.25) is 0 Å². The van der Waals surface area contributed by atoms with E-state index in [0.29, 0.717) is 6.04 Å². The number of hydrogen-bond donors (Lipinski definition) is 0. The monoisotopic (exact) mass is 332 g/mol. The first-order valence-electron chi connectivity index (χ1n) is 7.54. The second-order valence-electron chi connectivity index (χ2n) is 5.55. The van der Waals surface area contributed by atoms with Gasteiger partial charge in [-0.1, -0.05) is 41.1 Å². The summed E-state index contributed by atoms with van der Waals surface area (Å²) in [6.45, 7) is 3.43. The number of para-hydroxylation sites is 1. The van der Waals surface area contributed by atoms with Gasteiger partial charge in [-0.3, -0.25) is 0 Å². The first kappa shape index (κ1) is 13.9. The number of benzene rings is 1. The van der Waals surface area contributed by atoms with Gasteiger partial charge in [0.15, 0.2) is 0 Å². The molecular weight excluding hydrogens is 312 g/mol. The van der Waals surface area contributed by atoms with Crippen LogP contribution in [0.1, 0.15) is 38.2 Å². The Balaban J connectivity index is 2.08. The molecule has 0 radical (unpaired) electrons. The Morgan fingerprint density at radius 1 is 1.30 bits per heavy atom. The quantitative estimate of drug-likeness (QED) is 0.743. The van der Waals surface area contributed by atoms with Crippen molar-refractivity contribution in [2.24, 2.45) is 0 Å². The molecule has 2 heterocycles. The van der Waals surface area contributed by atoms with Crippen LogP contribution in [0.5, 0.6) is 0 Å². The van der Waals surface area contributed by atoms with Crippen molar-refractivity contribution in [1.29, 1.82) is 0 Å². The van der Waals surface area contributed by atoms with E-state index >= 15 is 0 Å². The van der Waals surface area contributed by atoms with E-state index in [4.69, 9.17) is 4.98 Å². The van der Waals surface area contributed by atoms with Gasteiger partial charge in [0, 0.05) is 28.9 Å². The van der Waals surface area contributed by atoms with Crippen molar-refractivity contribution in [2.45, 2.75) is 44.0 Å². The normalized spacial score (nSPS) is 19.5. The van der Waals surface area contributed by atoms with Gasteiger partial charge in [-0.25, -0.2) is 4.98 Å². The van der Waals surface area contributed by atoms with Gasteiger partial charge in [-0.15, -0.1) is 0 Å². The van der Waals surface area contributed by atoms with Crippen molar-refractivity contribution in [3.8, 4) is 0 Å². The predicted octanol–water partition coefficient (Wildman–Crippen LogP) is 4.90. The number of aromatic nitrogens is 1. The van der Waals surface area contributed by atoms with Crippen molar-refractivity contribution in [2.75, 3.05) is 11.4 Å². The van der Waals surface area contributed by atoms with Crippen LogP contribution in [-0.4, -0.2) is 17.6 Å². The van der Waals surface area contributed by atoms with Crippen LogP contribution in [0.3, 0.4) is 0 Å². The summed E-state index contributed by atoms with van der Waals surface area (Å²) in [4.78, 5) is 7.50. The average Bonchev–Trinajstić information content (AvgIpc) is 2.53. The number of alkyl halides is 1. The highest BCUT2D eigenvalue weighted by Gasteiger charge is 2.24. The van der Waals surface area contributed by atoms with Crippen molar-refractivity contribution in [3.05, 3.63) is 35.9 Å². The van der Waals surface area contributed by atoms with Crippen molar-refractivity contribution >= 4 is 32.7 Å². The fraction of sp³-hybridized carbons (Fsp3) is 0.471. The van der Waals surface area contributed by atoms with E-state index in [1.165, 1.54) is 42.5 Å². The molecule has 0 bridgehead atoms. The minimum atomic E-state index is 0.648. The van der Waals surface area contributed by atoms with Crippen molar-refractivity contribution < 1.29 is 0 Å². The Hall–Kier alpha value is -1.09. The Kier molecular flexibility index (Phi) is 4.25. The molecular formula is C17H21BrN2. The highest BCUT2D eigenvalue weighted by atomic mass is 79.9. The van der Waals surface area contributed by atoms with E-state index in [0.717, 1.165) is 17.4 Å². The molecule has 20 heavy (non-hydrogen) atoms. The minimum absolute atomic E-state index is 0.648. The molecule has 1 aromatic heterocycles. The molecule has 1 aliphatic heterocycles. The Morgan fingerprint density at radius 2 is 2.15 bits per heavy atom. The number of nitrogens with zero attached hydrogens (tertiary/aromatic N) is 2. The van der Waals surface area contributed by atoms with Crippen LogP contribution in [0.25, 0.3) is 10.9 Å². The molecule has 0 spiro atoms. The summed E-state index contributed by atoms with van der Waals surface area (Å²) in [6.07, 6.45) is 5.14. The minimum Gasteiger partial charge on any atom is -0.353 e. The lowest BCUT2D eigenvalue weighted by molar-refractivity contribution is 0.446. The summed E-state index contributed by atoms with van der Waals surface area (Å²) < 4.78 is 0. The second-order valence-corrected chi connectivity index (χ2v) is 6.11. The van der Waals surface area contributed by atoms with Crippen molar-refractivity contribution in [3.63, 3.8) is 0 Å². The number of rotatable bonds is 3. The van der Waals surface area contributed by atoms with Crippen LogP contribution in [0.15, 0.2) is 30.3 Å². The lowest BCUT2D eigenvalue weighted by atomic mass is 9.99. The van der Waals surface area contributed by atoms with Crippen LogP contribution in [-0.2, 0) is 5.33 Å². The zero-order valence-corrected chi connectivity index (χ0v) is 13.6. The topological polar surface area (TPSA) is 16.1 Å². The predicted molar refractivity (Wildman–Crippen MR) is 89.7 cm³/mol. The smallest absolute Gasteiger partial charge is 0.133 e. The third kappa shape index (κ3) is 2.56. The van der Waals surface area contributed by atoms with Crippen molar-refractivity contribution in [1.82, 2.24) is 4.98 Å². The molecule has 1 atom stereocenters. The first-order chi connectivity index (χ1) is 9.83. The summed E-state index contributed by atoms with van der Waals surface area (Å²) in [5.74, 6) is 1.19. The van der Waals surface area contributed by atoms with E-state index in [1.54, 1.807) is 0 Å². The fourth-order valence-electron chi connectivity index (χ4n) is 3.20. The molecule has 1 saturated heterocycles. The summed E-state index contributed by atoms with van der Waals surface area (Å²) in [5.41, 5.74) is 2.41. The highest BCUT2D eigenvalue weighted by molar-refractivity contribution is 9.08. The molecule has 106 valence electrons. The van der Waals surface area contributed by atoms with Crippen LogP contribution in [0.2, 0.25) is 0 Å². The lowest BCUT2D eigenvalue weighted by Gasteiger charge is -2.37. The van der Waals surface area contributed by atoms with Gasteiger partial charge in [0.25, 0.3) is 0 Å². The van der Waals surface area contributed by atoms with Gasteiger partial charge in [-0.2, -0.15) is 0 Å². The zero-order valence-electron chi connectivity index (χ0n) is 12.0. The van der Waals surface area contributed by atoms with Crippen LogP contribution in [0, 0.1) is 0 Å². The Labute approximate surface area is 129 Å². The third-order valence-corrected chi connectivity index (χ3v) is 4.90. The molecule has 1 unspecified atom stereocenters. The number of piperidine rings is 1. The first-order valence-corrected chi connectivity index (χ1v) is 8.67. The number of hydrogen-bond acceptors (Lipinski definition) is 2. The van der Waals surface area contributed by atoms with E-state index in [9.17, 15) is 0 Å². The van der Waals surface area contributed by atoms with E-state index < -0.39 is 0 Å². The second kappa shape index (κ2) is 6.13. The molecule has 0 aliphatic carbocycles. The maximum Gasteiger partial charge on any atom is 0.133 e. The standard InChI is InChI=1S/C17H21BrN2/c1-2-15-8-5-6-10-20(15)17-14(12-18)11-13-7-3-4-9-16(13)19-17/h3-4,7,9,11,15H,2,5-6,8,10,12H2,1H3. The summed E-state index contributed by atoms with van der Waals surface area (Å²) in [5, 5.41) is 2.10. The number of fused-ring (bicyclic) bond motifs is 1. The van der Waals surface area contributed by atoms with Gasteiger partial charge in [-0.05, 0) is 37.8 Å². The maximum atomic E-state index is 4.96. The largest absolute Gasteiger partial charge is 0.353 e. The maximum absolute atomic E-state index is 4.96. The number of halogens is 1. The molecule has 0 saturated carbocycles. The molecule has 1 aliphatic rings. The van der Waals surface area contributed by atoms with Crippen LogP contribution >= 0.6 is 15.9 Å². The van der Waals surface area contributed by atoms with E-state index in [-0.39, 0.29) is 0 Å². The Bertz CT molecular complexity index is 597. The number of anilines is 1. The molecule has 0 N–H and O–H groups in total.